The molecule has 41 heavy (non-hydrogen) atoms. The molecule has 11 heteroatoms. The average molecular weight is 604 g/mol. The Morgan fingerprint density at radius 2 is 1.76 bits per heavy atom. The minimum Gasteiger partial charge on any atom is -0.497 e. The number of pyridine rings is 1. The van der Waals surface area contributed by atoms with E-state index in [2.05, 4.69) is 0 Å². The lowest BCUT2D eigenvalue weighted by molar-refractivity contribution is -0.138. The summed E-state index contributed by atoms with van der Waals surface area (Å²) in [4.78, 5) is 28.1. The molecule has 5 rings (SSSR count). The highest BCUT2D eigenvalue weighted by Crippen LogP contribution is 2.43. The summed E-state index contributed by atoms with van der Waals surface area (Å²) in [5.41, 5.74) is -2.28. The number of methoxy groups -OCH3 is 1. The molecule has 1 atom stereocenters. The average Bonchev–Trinajstić information content (AvgIpc) is 3.38. The molecule has 0 fully saturated rings. The van der Waals surface area contributed by atoms with Crippen LogP contribution < -0.4 is 10.3 Å². The Labute approximate surface area is 240 Å². The Morgan fingerprint density at radius 3 is 2.44 bits per heavy atom. The van der Waals surface area contributed by atoms with Crippen molar-refractivity contribution in [1.82, 2.24) is 4.57 Å². The number of thioether (sulfide) groups is 2. The van der Waals surface area contributed by atoms with E-state index < -0.39 is 47.0 Å². The highest BCUT2D eigenvalue weighted by Gasteiger charge is 2.38. The van der Waals surface area contributed by atoms with Crippen LogP contribution in [0.2, 0.25) is 0 Å². The van der Waals surface area contributed by atoms with Crippen molar-refractivity contribution in [1.29, 1.82) is 0 Å². The molecule has 0 bridgehead atoms. The van der Waals surface area contributed by atoms with Gasteiger partial charge < -0.3 is 4.74 Å². The summed E-state index contributed by atoms with van der Waals surface area (Å²) >= 11 is 2.06. The predicted molar refractivity (Wildman–Crippen MR) is 149 cm³/mol. The molecular formula is C30H22F5NO3S2. The van der Waals surface area contributed by atoms with Gasteiger partial charge >= 0.3 is 6.18 Å². The monoisotopic (exact) mass is 603 g/mol. The van der Waals surface area contributed by atoms with Crippen molar-refractivity contribution in [3.05, 3.63) is 111 Å². The van der Waals surface area contributed by atoms with Gasteiger partial charge in [-0.1, -0.05) is 24.3 Å². The van der Waals surface area contributed by atoms with Crippen LogP contribution in [0.1, 0.15) is 28.3 Å². The quantitative estimate of drug-likeness (QED) is 0.167. The molecule has 4 aromatic rings. The number of benzene rings is 3. The molecule has 0 saturated heterocycles. The molecule has 1 aliphatic heterocycles. The number of hydrogen-bond donors (Lipinski definition) is 0. The second-order valence-electron chi connectivity index (χ2n) is 9.31. The van der Waals surface area contributed by atoms with Gasteiger partial charge in [0, 0.05) is 28.2 Å². The van der Waals surface area contributed by atoms with Crippen LogP contribution in [0.5, 0.6) is 5.75 Å². The molecule has 0 saturated carbocycles. The maximum Gasteiger partial charge on any atom is 0.416 e. The minimum absolute atomic E-state index is 0.130. The van der Waals surface area contributed by atoms with E-state index in [9.17, 15) is 27.2 Å². The maximum absolute atomic E-state index is 15.2. The molecule has 1 unspecified atom stereocenters. The standard InChI is InChI=1S/C30H22F5NO3S2/c1-16-19(14-20-22(30(33,34)35)9-6-10-23(20)31)28-36(25(15-40-28)29(38)41-18-7-4-3-5-8-18)27(37)26(16)21-13-17(39-2)11-12-24(21)32/h3-13,25H,14-15H2,1-2H3. The van der Waals surface area contributed by atoms with E-state index >= 15 is 4.39 Å². The van der Waals surface area contributed by atoms with E-state index in [1.54, 1.807) is 30.3 Å². The van der Waals surface area contributed by atoms with E-state index in [4.69, 9.17) is 4.74 Å². The zero-order valence-electron chi connectivity index (χ0n) is 21.7. The number of fused-ring (bicyclic) bond motifs is 1. The Hall–Kier alpha value is -3.57. The SMILES string of the molecule is COc1ccc(F)c(-c2c(C)c(Cc3c(F)cccc3C(F)(F)F)c3n(c2=O)C(C(=O)Sc2ccccc2)CS3)c1. The number of carbonyl (C=O) groups excluding carboxylic acids is 1. The van der Waals surface area contributed by atoms with Crippen LogP contribution in [0, 0.1) is 18.6 Å². The highest BCUT2D eigenvalue weighted by molar-refractivity contribution is 8.13. The van der Waals surface area contributed by atoms with Gasteiger partial charge in [-0.05, 0) is 72.3 Å². The van der Waals surface area contributed by atoms with Crippen LogP contribution in [0.4, 0.5) is 22.0 Å². The highest BCUT2D eigenvalue weighted by atomic mass is 32.2. The number of rotatable bonds is 6. The number of alkyl halides is 3. The second kappa shape index (κ2) is 11.4. The van der Waals surface area contributed by atoms with Crippen LogP contribution in [0.25, 0.3) is 11.1 Å². The van der Waals surface area contributed by atoms with Crippen molar-refractivity contribution >= 4 is 28.6 Å². The van der Waals surface area contributed by atoms with Gasteiger partial charge in [-0.2, -0.15) is 13.2 Å². The topological polar surface area (TPSA) is 48.3 Å². The molecule has 3 aromatic carbocycles. The Bertz CT molecular complexity index is 1700. The number of nitrogens with zero attached hydrogens (tertiary/aromatic N) is 1. The molecule has 2 heterocycles. The van der Waals surface area contributed by atoms with Gasteiger partial charge in [-0.3, -0.25) is 14.2 Å². The van der Waals surface area contributed by atoms with Crippen LogP contribution >= 0.6 is 23.5 Å². The van der Waals surface area contributed by atoms with Crippen LogP contribution in [0.3, 0.4) is 0 Å². The minimum atomic E-state index is -4.83. The van der Waals surface area contributed by atoms with E-state index in [0.29, 0.717) is 4.90 Å². The van der Waals surface area contributed by atoms with Gasteiger partial charge in [0.2, 0.25) is 5.12 Å². The zero-order chi connectivity index (χ0) is 29.5. The lowest BCUT2D eigenvalue weighted by atomic mass is 9.92. The largest absolute Gasteiger partial charge is 0.497 e. The number of carbonyl (C=O) groups is 1. The fourth-order valence-corrected chi connectivity index (χ4v) is 7.20. The summed E-state index contributed by atoms with van der Waals surface area (Å²) in [5, 5.41) is -0.110. The molecular weight excluding hydrogens is 581 g/mol. The van der Waals surface area contributed by atoms with Crippen molar-refractivity contribution in [2.24, 2.45) is 0 Å². The zero-order valence-corrected chi connectivity index (χ0v) is 23.4. The Balaban J connectivity index is 1.74. The summed E-state index contributed by atoms with van der Waals surface area (Å²) < 4.78 is 78.2. The van der Waals surface area contributed by atoms with Crippen molar-refractivity contribution in [2.75, 3.05) is 12.9 Å². The first-order chi connectivity index (χ1) is 19.5. The first-order valence-electron chi connectivity index (χ1n) is 12.4. The van der Waals surface area contributed by atoms with E-state index in [-0.39, 0.29) is 43.9 Å². The van der Waals surface area contributed by atoms with E-state index in [0.717, 1.165) is 47.8 Å². The molecule has 4 nitrogen and oxygen atoms in total. The van der Waals surface area contributed by atoms with Crippen molar-refractivity contribution in [3.63, 3.8) is 0 Å². The van der Waals surface area contributed by atoms with Gasteiger partial charge in [-0.15, -0.1) is 11.8 Å². The third-order valence-electron chi connectivity index (χ3n) is 6.88. The summed E-state index contributed by atoms with van der Waals surface area (Å²) in [5.74, 6) is -1.43. The first kappa shape index (κ1) is 28.9. The third-order valence-corrected chi connectivity index (χ3v) is 9.06. The third kappa shape index (κ3) is 5.52. The number of ether oxygens (including phenoxy) is 1. The fraction of sp³-hybridized carbons (Fsp3) is 0.200. The summed E-state index contributed by atoms with van der Waals surface area (Å²) in [6.45, 7) is 1.49. The van der Waals surface area contributed by atoms with E-state index in [1.165, 1.54) is 30.7 Å². The van der Waals surface area contributed by atoms with Crippen LogP contribution in [0.15, 0.2) is 81.4 Å². The lowest BCUT2D eigenvalue weighted by Gasteiger charge is -2.21. The summed E-state index contributed by atoms with van der Waals surface area (Å²) in [6, 6.07) is 14.3. The molecule has 212 valence electrons. The van der Waals surface area contributed by atoms with Gasteiger partial charge in [0.25, 0.3) is 5.56 Å². The fourth-order valence-electron chi connectivity index (χ4n) is 4.88. The smallest absolute Gasteiger partial charge is 0.416 e. The summed E-state index contributed by atoms with van der Waals surface area (Å²) in [7, 11) is 1.37. The molecule has 1 aliphatic rings. The predicted octanol–water partition coefficient (Wildman–Crippen LogP) is 7.69. The normalized spacial score (nSPS) is 14.7. The molecule has 0 spiro atoms. The van der Waals surface area contributed by atoms with E-state index in [1.807, 2.05) is 0 Å². The molecule has 0 radical (unpaired) electrons. The van der Waals surface area contributed by atoms with Crippen molar-refractivity contribution in [3.8, 4) is 16.9 Å². The van der Waals surface area contributed by atoms with Crippen LogP contribution in [-0.4, -0.2) is 22.5 Å². The number of aromatic nitrogens is 1. The van der Waals surface area contributed by atoms with Gasteiger partial charge in [0.05, 0.1) is 23.3 Å². The molecule has 0 N–H and O–H groups in total. The first-order valence-corrected chi connectivity index (χ1v) is 14.2. The summed E-state index contributed by atoms with van der Waals surface area (Å²) in [6.07, 6.45) is -5.36. The lowest BCUT2D eigenvalue weighted by Crippen LogP contribution is -2.30. The van der Waals surface area contributed by atoms with Gasteiger partial charge in [-0.25, -0.2) is 8.78 Å². The Kier molecular flexibility index (Phi) is 8.02. The van der Waals surface area contributed by atoms with Gasteiger partial charge in [0.1, 0.15) is 23.4 Å². The molecule has 1 aromatic heterocycles. The maximum atomic E-state index is 15.2. The molecule has 0 amide bonds. The molecule has 0 aliphatic carbocycles. The Morgan fingerprint density at radius 1 is 1.02 bits per heavy atom. The second-order valence-corrected chi connectivity index (χ2v) is 11.4. The van der Waals surface area contributed by atoms with Crippen molar-refractivity contribution in [2.45, 2.75) is 35.5 Å². The number of halogens is 5. The van der Waals surface area contributed by atoms with Crippen molar-refractivity contribution < 1.29 is 31.5 Å². The van der Waals surface area contributed by atoms with Crippen LogP contribution in [-0.2, 0) is 17.4 Å². The number of hydrogen-bond acceptors (Lipinski definition) is 5. The van der Waals surface area contributed by atoms with Gasteiger partial charge in [0.15, 0.2) is 0 Å².